The van der Waals surface area contributed by atoms with E-state index in [1.807, 2.05) is 91.0 Å². The van der Waals surface area contributed by atoms with Crippen molar-refractivity contribution < 1.29 is 36.9 Å². The maximum Gasteiger partial charge on any atom is 0.435 e. The van der Waals surface area contributed by atoms with Crippen molar-refractivity contribution in [2.45, 2.75) is 50.4 Å². The molecule has 3 aromatic carbocycles. The smallest absolute Gasteiger partial charge is 0.435 e. The van der Waals surface area contributed by atoms with Gasteiger partial charge in [-0.1, -0.05) is 91.0 Å². The van der Waals surface area contributed by atoms with E-state index in [0.717, 1.165) is 22.9 Å². The lowest BCUT2D eigenvalue weighted by Gasteiger charge is -2.42. The van der Waals surface area contributed by atoms with Gasteiger partial charge in [0.05, 0.1) is 45.4 Å². The summed E-state index contributed by atoms with van der Waals surface area (Å²) in [5.74, 6) is -0.285. The minimum atomic E-state index is -4.67. The number of hydrogen-bond acceptors (Lipinski definition) is 7. The Morgan fingerprint density at radius 3 is 1.83 bits per heavy atom. The molecule has 10 heteroatoms. The summed E-state index contributed by atoms with van der Waals surface area (Å²) in [6, 6.07) is 28.9. The fourth-order valence-electron chi connectivity index (χ4n) is 4.58. The first-order valence-corrected chi connectivity index (χ1v) is 13.6. The molecule has 1 fully saturated rings. The second-order valence-corrected chi connectivity index (χ2v) is 9.79. The summed E-state index contributed by atoms with van der Waals surface area (Å²) in [7, 11) is 0. The normalized spacial score (nSPS) is 20.7. The fourth-order valence-corrected chi connectivity index (χ4v) is 4.58. The van der Waals surface area contributed by atoms with E-state index < -0.39 is 36.3 Å². The summed E-state index contributed by atoms with van der Waals surface area (Å²) in [6.45, 7) is 1.08. The predicted molar refractivity (Wildman–Crippen MR) is 147 cm³/mol. The lowest BCUT2D eigenvalue weighted by molar-refractivity contribution is -0.230. The van der Waals surface area contributed by atoms with Gasteiger partial charge in [0.25, 0.3) is 0 Å². The quantitative estimate of drug-likeness (QED) is 0.203. The zero-order valence-corrected chi connectivity index (χ0v) is 22.7. The Labute approximate surface area is 242 Å². The lowest BCUT2D eigenvalue weighted by atomic mass is 9.99. The third kappa shape index (κ3) is 8.36. The standard InChI is InChI=1S/C32H31F3N2O5/c33-32(34,35)28-16-36-17-29(37-28)42-27-22-39-26(21-38-18-23-10-4-1-5-11-23)30(40-19-24-12-6-2-7-13-24)31(27)41-20-25-14-8-3-9-15-25/h1-17,26-27,30-31H,18-22H2/t26-,27+,30+,31-/m1/s1. The summed E-state index contributed by atoms with van der Waals surface area (Å²) >= 11 is 0. The van der Waals surface area contributed by atoms with E-state index in [1.54, 1.807) is 0 Å². The Morgan fingerprint density at radius 1 is 0.714 bits per heavy atom. The Morgan fingerprint density at radius 2 is 1.26 bits per heavy atom. The van der Waals surface area contributed by atoms with Gasteiger partial charge in [-0.2, -0.15) is 13.2 Å². The van der Waals surface area contributed by atoms with Crippen LogP contribution in [0, 0.1) is 0 Å². The molecule has 4 atom stereocenters. The van der Waals surface area contributed by atoms with E-state index in [1.165, 1.54) is 0 Å². The molecule has 4 aromatic rings. The molecule has 0 aliphatic carbocycles. The molecular formula is C32H31F3N2O5. The number of ether oxygens (including phenoxy) is 5. The van der Waals surface area contributed by atoms with Crippen LogP contribution in [0.3, 0.4) is 0 Å². The third-order valence-corrected chi connectivity index (χ3v) is 6.67. The average Bonchev–Trinajstić information content (AvgIpc) is 3.01. The Balaban J connectivity index is 1.38. The minimum Gasteiger partial charge on any atom is -0.468 e. The molecule has 1 saturated heterocycles. The lowest BCUT2D eigenvalue weighted by Crippen LogP contribution is -2.58. The Bertz CT molecular complexity index is 1360. The van der Waals surface area contributed by atoms with E-state index >= 15 is 0 Å². The summed E-state index contributed by atoms with van der Waals surface area (Å²) in [6.07, 6.45) is -5.66. The number of alkyl halides is 3. The molecule has 220 valence electrons. The molecule has 0 radical (unpaired) electrons. The van der Waals surface area contributed by atoms with Crippen LogP contribution in [-0.4, -0.2) is 47.6 Å². The van der Waals surface area contributed by atoms with Crippen molar-refractivity contribution in [2.75, 3.05) is 13.2 Å². The first-order chi connectivity index (χ1) is 20.5. The average molecular weight is 581 g/mol. The Hall–Kier alpha value is -3.83. The molecule has 1 aliphatic heterocycles. The van der Waals surface area contributed by atoms with Crippen LogP contribution in [0.25, 0.3) is 0 Å². The van der Waals surface area contributed by atoms with Gasteiger partial charge in [0.1, 0.15) is 18.3 Å². The van der Waals surface area contributed by atoms with E-state index in [9.17, 15) is 13.2 Å². The highest BCUT2D eigenvalue weighted by molar-refractivity contribution is 5.16. The Kier molecular flexibility index (Phi) is 10.1. The molecule has 7 nitrogen and oxygen atoms in total. The number of benzene rings is 3. The van der Waals surface area contributed by atoms with Crippen molar-refractivity contribution in [3.05, 3.63) is 126 Å². The van der Waals surface area contributed by atoms with Gasteiger partial charge in [-0.25, -0.2) is 4.98 Å². The number of nitrogens with zero attached hydrogens (tertiary/aromatic N) is 2. The molecule has 1 aliphatic rings. The van der Waals surface area contributed by atoms with Gasteiger partial charge in [0.15, 0.2) is 11.8 Å². The predicted octanol–water partition coefficient (Wildman–Crippen LogP) is 6.03. The van der Waals surface area contributed by atoms with E-state index in [4.69, 9.17) is 23.7 Å². The van der Waals surface area contributed by atoms with Gasteiger partial charge in [0.2, 0.25) is 5.88 Å². The van der Waals surface area contributed by atoms with Crippen LogP contribution in [0.5, 0.6) is 5.88 Å². The van der Waals surface area contributed by atoms with Crippen LogP contribution in [0.15, 0.2) is 103 Å². The van der Waals surface area contributed by atoms with Crippen LogP contribution in [-0.2, 0) is 44.9 Å². The van der Waals surface area contributed by atoms with Gasteiger partial charge >= 0.3 is 6.18 Å². The van der Waals surface area contributed by atoms with Crippen molar-refractivity contribution in [1.82, 2.24) is 9.97 Å². The van der Waals surface area contributed by atoms with Crippen molar-refractivity contribution in [1.29, 1.82) is 0 Å². The zero-order chi connectivity index (χ0) is 29.2. The monoisotopic (exact) mass is 580 g/mol. The zero-order valence-electron chi connectivity index (χ0n) is 22.7. The third-order valence-electron chi connectivity index (χ3n) is 6.67. The fraction of sp³-hybridized carbons (Fsp3) is 0.312. The number of aromatic nitrogens is 2. The number of rotatable bonds is 12. The van der Waals surface area contributed by atoms with Gasteiger partial charge in [-0.15, -0.1) is 0 Å². The molecule has 0 saturated carbocycles. The highest BCUT2D eigenvalue weighted by Crippen LogP contribution is 2.30. The SMILES string of the molecule is FC(F)(F)c1cncc(O[C@H]2CO[C@H](COCc3ccccc3)[C@H](OCc3ccccc3)[C@@H]2OCc2ccccc2)n1. The van der Waals surface area contributed by atoms with Crippen molar-refractivity contribution in [2.24, 2.45) is 0 Å². The first kappa shape index (κ1) is 29.7. The van der Waals surface area contributed by atoms with E-state index in [0.29, 0.717) is 12.8 Å². The van der Waals surface area contributed by atoms with Gasteiger partial charge in [-0.3, -0.25) is 4.98 Å². The molecule has 0 bridgehead atoms. The summed E-state index contributed by atoms with van der Waals surface area (Å²) in [4.78, 5) is 7.30. The van der Waals surface area contributed by atoms with Crippen LogP contribution in [0.2, 0.25) is 0 Å². The summed E-state index contributed by atoms with van der Waals surface area (Å²) in [5.41, 5.74) is 1.72. The van der Waals surface area contributed by atoms with Crippen LogP contribution in [0.4, 0.5) is 13.2 Å². The van der Waals surface area contributed by atoms with Crippen LogP contribution < -0.4 is 4.74 Å². The van der Waals surface area contributed by atoms with Crippen LogP contribution >= 0.6 is 0 Å². The molecule has 0 N–H and O–H groups in total. The maximum atomic E-state index is 13.3. The van der Waals surface area contributed by atoms with Gasteiger partial charge in [0, 0.05) is 0 Å². The number of hydrogen-bond donors (Lipinski definition) is 0. The maximum absolute atomic E-state index is 13.3. The van der Waals surface area contributed by atoms with Crippen molar-refractivity contribution in [3.63, 3.8) is 0 Å². The van der Waals surface area contributed by atoms with Gasteiger partial charge in [-0.05, 0) is 16.7 Å². The van der Waals surface area contributed by atoms with Gasteiger partial charge < -0.3 is 23.7 Å². The topological polar surface area (TPSA) is 71.9 Å². The summed E-state index contributed by atoms with van der Waals surface area (Å²) < 4.78 is 70.8. The highest BCUT2D eigenvalue weighted by Gasteiger charge is 2.44. The van der Waals surface area contributed by atoms with E-state index in [2.05, 4.69) is 9.97 Å². The number of halogens is 3. The molecule has 0 spiro atoms. The summed E-state index contributed by atoms with van der Waals surface area (Å²) in [5, 5.41) is 0. The van der Waals surface area contributed by atoms with Crippen LogP contribution in [0.1, 0.15) is 22.4 Å². The molecule has 0 unspecified atom stereocenters. The van der Waals surface area contributed by atoms with Crippen molar-refractivity contribution in [3.8, 4) is 5.88 Å². The second-order valence-electron chi connectivity index (χ2n) is 9.79. The largest absolute Gasteiger partial charge is 0.468 e. The molecular weight excluding hydrogens is 549 g/mol. The van der Waals surface area contributed by atoms with E-state index in [-0.39, 0.29) is 32.3 Å². The first-order valence-electron chi connectivity index (χ1n) is 13.6. The minimum absolute atomic E-state index is 0.0158. The second kappa shape index (κ2) is 14.4. The molecule has 1 aromatic heterocycles. The molecule has 5 rings (SSSR count). The van der Waals surface area contributed by atoms with Crippen molar-refractivity contribution >= 4 is 0 Å². The molecule has 2 heterocycles. The molecule has 42 heavy (non-hydrogen) atoms. The molecule has 0 amide bonds. The highest BCUT2D eigenvalue weighted by atomic mass is 19.4.